The number of hydrogen-bond donors (Lipinski definition) is 0. The number of anilines is 1. The number of likely N-dealkylation sites (tertiary alicyclic amines) is 1. The molecular formula is C21H24N2O2. The molecule has 4 heteroatoms. The topological polar surface area (TPSA) is 32.8 Å². The molecule has 2 aromatic carbocycles. The number of benzene rings is 2. The molecule has 1 amide bonds. The number of rotatable bonds is 3. The van der Waals surface area contributed by atoms with Crippen LogP contribution in [0.4, 0.5) is 5.69 Å². The molecule has 0 spiro atoms. The Kier molecular flexibility index (Phi) is 4.59. The maximum absolute atomic E-state index is 12.9. The fraction of sp³-hybridized carbons (Fsp3) is 0.381. The standard InChI is InChI=1S/C21H24N2O2/c24-21(22-13-7-2-8-14-22)20-16-23(15-17-9-3-1-4-10-17)18-11-5-6-12-19(18)25-20/h1,3-6,9-12,20H,2,7-8,13-16H2. The summed E-state index contributed by atoms with van der Waals surface area (Å²) in [7, 11) is 0. The highest BCUT2D eigenvalue weighted by Gasteiger charge is 2.33. The Morgan fingerprint density at radius 3 is 2.48 bits per heavy atom. The van der Waals surface area contributed by atoms with Crippen molar-refractivity contribution in [3.05, 3.63) is 60.2 Å². The first-order chi connectivity index (χ1) is 12.3. The van der Waals surface area contributed by atoms with Crippen LogP contribution in [0.1, 0.15) is 24.8 Å². The van der Waals surface area contributed by atoms with Crippen LogP contribution in [0.5, 0.6) is 5.75 Å². The van der Waals surface area contributed by atoms with E-state index < -0.39 is 6.10 Å². The molecule has 2 aliphatic rings. The molecule has 2 aliphatic heterocycles. The molecule has 1 unspecified atom stereocenters. The van der Waals surface area contributed by atoms with E-state index in [-0.39, 0.29) is 5.91 Å². The number of piperidine rings is 1. The lowest BCUT2D eigenvalue weighted by Gasteiger charge is -2.38. The highest BCUT2D eigenvalue weighted by molar-refractivity contribution is 5.83. The summed E-state index contributed by atoms with van der Waals surface area (Å²) in [5, 5.41) is 0. The van der Waals surface area contributed by atoms with Crippen LogP contribution in [0.25, 0.3) is 0 Å². The fourth-order valence-corrected chi connectivity index (χ4v) is 3.71. The van der Waals surface area contributed by atoms with Gasteiger partial charge in [0.2, 0.25) is 0 Å². The number of para-hydroxylation sites is 2. The number of carbonyl (C=O) groups excluding carboxylic acids is 1. The number of ether oxygens (including phenoxy) is 1. The monoisotopic (exact) mass is 336 g/mol. The molecule has 1 fully saturated rings. The van der Waals surface area contributed by atoms with Crippen molar-refractivity contribution in [3.8, 4) is 5.75 Å². The van der Waals surface area contributed by atoms with Gasteiger partial charge in [0.25, 0.3) is 5.91 Å². The molecule has 1 atom stereocenters. The van der Waals surface area contributed by atoms with Crippen LogP contribution in [0, 0.1) is 0 Å². The van der Waals surface area contributed by atoms with Gasteiger partial charge in [0, 0.05) is 19.6 Å². The fourth-order valence-electron chi connectivity index (χ4n) is 3.71. The summed E-state index contributed by atoms with van der Waals surface area (Å²) in [5.74, 6) is 0.937. The van der Waals surface area contributed by atoms with Crippen molar-refractivity contribution in [2.24, 2.45) is 0 Å². The van der Waals surface area contributed by atoms with Gasteiger partial charge < -0.3 is 14.5 Å². The predicted octanol–water partition coefficient (Wildman–Crippen LogP) is 3.47. The SMILES string of the molecule is O=C(C1CN(Cc2ccccc2)c2ccccc2O1)N1CCCCC1. The van der Waals surface area contributed by atoms with Gasteiger partial charge in [-0.25, -0.2) is 0 Å². The minimum Gasteiger partial charge on any atom is -0.477 e. The van der Waals surface area contributed by atoms with E-state index in [9.17, 15) is 4.79 Å². The summed E-state index contributed by atoms with van der Waals surface area (Å²) in [6, 6.07) is 18.4. The average molecular weight is 336 g/mol. The highest BCUT2D eigenvalue weighted by Crippen LogP contribution is 2.34. The molecule has 25 heavy (non-hydrogen) atoms. The van der Waals surface area contributed by atoms with Gasteiger partial charge in [0.1, 0.15) is 5.75 Å². The van der Waals surface area contributed by atoms with Crippen LogP contribution < -0.4 is 9.64 Å². The molecule has 130 valence electrons. The molecule has 1 saturated heterocycles. The van der Waals surface area contributed by atoms with E-state index in [4.69, 9.17) is 4.74 Å². The molecule has 0 N–H and O–H groups in total. The second-order valence-electron chi connectivity index (χ2n) is 6.83. The third-order valence-electron chi connectivity index (χ3n) is 5.02. The van der Waals surface area contributed by atoms with Crippen LogP contribution in [-0.4, -0.2) is 36.5 Å². The summed E-state index contributed by atoms with van der Waals surface area (Å²) in [4.78, 5) is 17.2. The number of amides is 1. The second-order valence-corrected chi connectivity index (χ2v) is 6.83. The first kappa shape index (κ1) is 16.0. The second kappa shape index (κ2) is 7.18. The van der Waals surface area contributed by atoms with Crippen molar-refractivity contribution in [3.63, 3.8) is 0 Å². The largest absolute Gasteiger partial charge is 0.477 e. The van der Waals surface area contributed by atoms with Crippen LogP contribution >= 0.6 is 0 Å². The van der Waals surface area contributed by atoms with Crippen LogP contribution in [-0.2, 0) is 11.3 Å². The normalized spacial score (nSPS) is 19.9. The average Bonchev–Trinajstić information content (AvgIpc) is 2.69. The van der Waals surface area contributed by atoms with Crippen molar-refractivity contribution in [1.82, 2.24) is 4.90 Å². The maximum atomic E-state index is 12.9. The third-order valence-corrected chi connectivity index (χ3v) is 5.02. The lowest BCUT2D eigenvalue weighted by Crippen LogP contribution is -2.51. The van der Waals surface area contributed by atoms with Gasteiger partial charge in [-0.15, -0.1) is 0 Å². The van der Waals surface area contributed by atoms with Crippen molar-refractivity contribution < 1.29 is 9.53 Å². The summed E-state index contributed by atoms with van der Waals surface area (Å²) in [5.41, 5.74) is 2.30. The van der Waals surface area contributed by atoms with E-state index in [2.05, 4.69) is 35.2 Å². The summed E-state index contributed by atoms with van der Waals surface area (Å²) >= 11 is 0. The first-order valence-electron chi connectivity index (χ1n) is 9.14. The molecule has 0 radical (unpaired) electrons. The molecule has 2 heterocycles. The van der Waals surface area contributed by atoms with Gasteiger partial charge in [-0.2, -0.15) is 0 Å². The van der Waals surface area contributed by atoms with Crippen LogP contribution in [0.3, 0.4) is 0 Å². The van der Waals surface area contributed by atoms with Crippen molar-refractivity contribution in [2.45, 2.75) is 31.9 Å². The zero-order valence-electron chi connectivity index (χ0n) is 14.4. The van der Waals surface area contributed by atoms with Gasteiger partial charge in [-0.3, -0.25) is 4.79 Å². The minimum atomic E-state index is -0.420. The molecule has 4 rings (SSSR count). The molecule has 0 bridgehead atoms. The molecule has 0 aliphatic carbocycles. The van der Waals surface area contributed by atoms with Crippen LogP contribution in [0.15, 0.2) is 54.6 Å². The third kappa shape index (κ3) is 3.48. The lowest BCUT2D eigenvalue weighted by atomic mass is 10.1. The molecule has 4 nitrogen and oxygen atoms in total. The van der Waals surface area contributed by atoms with Crippen molar-refractivity contribution >= 4 is 11.6 Å². The highest BCUT2D eigenvalue weighted by atomic mass is 16.5. The Labute approximate surface area is 149 Å². The number of hydrogen-bond acceptors (Lipinski definition) is 3. The minimum absolute atomic E-state index is 0.132. The molecule has 2 aromatic rings. The van der Waals surface area contributed by atoms with E-state index in [0.29, 0.717) is 6.54 Å². The van der Waals surface area contributed by atoms with E-state index in [1.807, 2.05) is 29.2 Å². The van der Waals surface area contributed by atoms with E-state index >= 15 is 0 Å². The van der Waals surface area contributed by atoms with Crippen LogP contribution in [0.2, 0.25) is 0 Å². The van der Waals surface area contributed by atoms with E-state index in [1.54, 1.807) is 0 Å². The maximum Gasteiger partial charge on any atom is 0.265 e. The van der Waals surface area contributed by atoms with Gasteiger partial charge in [0.15, 0.2) is 6.10 Å². The smallest absolute Gasteiger partial charge is 0.265 e. The Morgan fingerprint density at radius 2 is 1.68 bits per heavy atom. The van der Waals surface area contributed by atoms with Crippen molar-refractivity contribution in [1.29, 1.82) is 0 Å². The number of carbonyl (C=O) groups is 1. The van der Waals surface area contributed by atoms with Gasteiger partial charge in [-0.05, 0) is 37.0 Å². The van der Waals surface area contributed by atoms with Gasteiger partial charge in [-0.1, -0.05) is 42.5 Å². The summed E-state index contributed by atoms with van der Waals surface area (Å²) < 4.78 is 6.08. The lowest BCUT2D eigenvalue weighted by molar-refractivity contribution is -0.139. The van der Waals surface area contributed by atoms with Crippen molar-refractivity contribution in [2.75, 3.05) is 24.5 Å². The van der Waals surface area contributed by atoms with E-state index in [0.717, 1.165) is 43.9 Å². The predicted molar refractivity (Wildman–Crippen MR) is 98.8 cm³/mol. The van der Waals surface area contributed by atoms with E-state index in [1.165, 1.54) is 12.0 Å². The quantitative estimate of drug-likeness (QED) is 0.860. The summed E-state index contributed by atoms with van der Waals surface area (Å²) in [6.45, 7) is 3.10. The van der Waals surface area contributed by atoms with Gasteiger partial charge in [0.05, 0.1) is 12.2 Å². The molecule has 0 saturated carbocycles. The number of nitrogens with zero attached hydrogens (tertiary/aromatic N) is 2. The first-order valence-corrected chi connectivity index (χ1v) is 9.14. The molecular weight excluding hydrogens is 312 g/mol. The Hall–Kier alpha value is -2.49. The Balaban J connectivity index is 1.56. The zero-order valence-corrected chi connectivity index (χ0v) is 14.4. The molecule has 0 aromatic heterocycles. The Morgan fingerprint density at radius 1 is 0.960 bits per heavy atom. The van der Waals surface area contributed by atoms with Gasteiger partial charge >= 0.3 is 0 Å². The zero-order chi connectivity index (χ0) is 17.1. The number of fused-ring (bicyclic) bond motifs is 1. The summed E-state index contributed by atoms with van der Waals surface area (Å²) in [6.07, 6.45) is 3.00. The Bertz CT molecular complexity index is 726.